The molecule has 2 aromatic rings. The van der Waals surface area contributed by atoms with Crippen molar-refractivity contribution in [2.24, 2.45) is 0 Å². The normalized spacial score (nSPS) is 15.2. The maximum Gasteiger partial charge on any atom is 0.255 e. The van der Waals surface area contributed by atoms with Crippen LogP contribution in [0.1, 0.15) is 43.0 Å². The van der Waals surface area contributed by atoms with E-state index in [1.54, 1.807) is 36.1 Å². The van der Waals surface area contributed by atoms with E-state index in [-0.39, 0.29) is 18.0 Å². The van der Waals surface area contributed by atoms with Crippen LogP contribution in [-0.2, 0) is 14.8 Å². The van der Waals surface area contributed by atoms with Gasteiger partial charge in [0.05, 0.1) is 23.2 Å². The van der Waals surface area contributed by atoms with Crippen molar-refractivity contribution in [3.05, 3.63) is 59.9 Å². The lowest BCUT2D eigenvalue weighted by atomic mass is 10.1. The van der Waals surface area contributed by atoms with E-state index in [4.69, 9.17) is 0 Å². The van der Waals surface area contributed by atoms with Crippen LogP contribution in [0.2, 0.25) is 0 Å². The van der Waals surface area contributed by atoms with Crippen LogP contribution in [0.15, 0.2) is 48.5 Å². The molecule has 1 aliphatic heterocycles. The average molecular weight is 462 g/mol. The fourth-order valence-electron chi connectivity index (χ4n) is 3.91. The Labute approximate surface area is 188 Å². The van der Waals surface area contributed by atoms with Gasteiger partial charge in [-0.1, -0.05) is 19.1 Å². The number of anilines is 2. The Morgan fingerprint density at radius 2 is 1.69 bits per heavy atom. The molecule has 1 fully saturated rings. The predicted octanol–water partition coefficient (Wildman–Crippen LogP) is 3.64. The van der Waals surface area contributed by atoms with Crippen LogP contribution >= 0.6 is 0 Å². The second kappa shape index (κ2) is 10.1. The maximum atomic E-state index is 13.4. The summed E-state index contributed by atoms with van der Waals surface area (Å²) in [6.45, 7) is 3.03. The summed E-state index contributed by atoms with van der Waals surface area (Å²) in [6, 6.07) is 10.6. The summed E-state index contributed by atoms with van der Waals surface area (Å²) in [5.41, 5.74) is 0.887. The highest BCUT2D eigenvalue weighted by Gasteiger charge is 2.32. The Morgan fingerprint density at radius 1 is 1.06 bits per heavy atom. The first kappa shape index (κ1) is 23.7. The minimum atomic E-state index is -3.85. The van der Waals surface area contributed by atoms with Gasteiger partial charge >= 0.3 is 0 Å². The smallest absolute Gasteiger partial charge is 0.255 e. The fraction of sp³-hybridized carbons (Fsp3) is 0.391. The van der Waals surface area contributed by atoms with Crippen molar-refractivity contribution in [2.75, 3.05) is 29.0 Å². The van der Waals surface area contributed by atoms with E-state index in [1.807, 2.05) is 0 Å². The van der Waals surface area contributed by atoms with Crippen LogP contribution in [0.25, 0.3) is 0 Å². The summed E-state index contributed by atoms with van der Waals surface area (Å²) in [4.78, 5) is 28.0. The van der Waals surface area contributed by atoms with E-state index in [0.29, 0.717) is 24.3 Å². The number of nitrogens with zero attached hydrogens (tertiary/aromatic N) is 2. The molecule has 1 aliphatic rings. The van der Waals surface area contributed by atoms with Crippen LogP contribution in [0.4, 0.5) is 15.8 Å². The minimum absolute atomic E-state index is 0.160. The molecule has 2 aromatic carbocycles. The van der Waals surface area contributed by atoms with E-state index in [0.717, 1.165) is 42.0 Å². The average Bonchev–Trinajstić information content (AvgIpc) is 2.78. The highest BCUT2D eigenvalue weighted by atomic mass is 32.2. The van der Waals surface area contributed by atoms with E-state index < -0.39 is 27.8 Å². The van der Waals surface area contributed by atoms with Crippen molar-refractivity contribution in [1.29, 1.82) is 0 Å². The molecule has 0 bridgehead atoms. The molecule has 1 unspecified atom stereocenters. The number of hydrogen-bond acceptors (Lipinski definition) is 4. The standard InChI is InChI=1S/C23H28FN3O4S/c1-3-21(27(32(2,30)31)18-13-11-17(24)12-14-18)22(28)25-20-10-6-5-9-19(20)23(29)26-15-7-4-8-16-26/h5-6,9-14,21H,3-4,7-8,15-16H2,1-2H3,(H,25,28). The number of rotatable bonds is 7. The van der Waals surface area contributed by atoms with Crippen LogP contribution in [0, 0.1) is 5.82 Å². The summed E-state index contributed by atoms with van der Waals surface area (Å²) < 4.78 is 39.4. The van der Waals surface area contributed by atoms with Gasteiger partial charge in [0.2, 0.25) is 15.9 Å². The van der Waals surface area contributed by atoms with E-state index in [1.165, 1.54) is 12.1 Å². The predicted molar refractivity (Wildman–Crippen MR) is 123 cm³/mol. The number of halogens is 1. The van der Waals surface area contributed by atoms with Gasteiger partial charge in [-0.25, -0.2) is 12.8 Å². The lowest BCUT2D eigenvalue weighted by molar-refractivity contribution is -0.117. The zero-order chi connectivity index (χ0) is 23.3. The Morgan fingerprint density at radius 3 is 2.28 bits per heavy atom. The molecule has 1 heterocycles. The topological polar surface area (TPSA) is 86.8 Å². The van der Waals surface area contributed by atoms with Gasteiger partial charge in [-0.05, 0) is 62.1 Å². The van der Waals surface area contributed by atoms with Crippen molar-refractivity contribution in [1.82, 2.24) is 4.90 Å². The number of likely N-dealkylation sites (tertiary alicyclic amines) is 1. The molecule has 9 heteroatoms. The van der Waals surface area contributed by atoms with Gasteiger partial charge in [0, 0.05) is 13.1 Å². The summed E-state index contributed by atoms with van der Waals surface area (Å²) in [5.74, 6) is -1.24. The number of carbonyl (C=O) groups excluding carboxylic acids is 2. The molecule has 0 spiro atoms. The lowest BCUT2D eigenvalue weighted by Gasteiger charge is -2.31. The zero-order valence-electron chi connectivity index (χ0n) is 18.3. The fourth-order valence-corrected chi connectivity index (χ4v) is 5.12. The molecule has 172 valence electrons. The first-order valence-electron chi connectivity index (χ1n) is 10.7. The van der Waals surface area contributed by atoms with Gasteiger partial charge in [0.25, 0.3) is 5.91 Å². The number of para-hydroxylation sites is 1. The second-order valence-electron chi connectivity index (χ2n) is 7.85. The van der Waals surface area contributed by atoms with E-state index >= 15 is 0 Å². The van der Waals surface area contributed by atoms with Crippen LogP contribution in [-0.4, -0.2) is 50.5 Å². The summed E-state index contributed by atoms with van der Waals surface area (Å²) in [7, 11) is -3.85. The summed E-state index contributed by atoms with van der Waals surface area (Å²) in [6.07, 6.45) is 4.15. The molecule has 0 saturated carbocycles. The molecule has 1 saturated heterocycles. The van der Waals surface area contributed by atoms with Crippen molar-refractivity contribution >= 4 is 33.2 Å². The van der Waals surface area contributed by atoms with Gasteiger partial charge in [0.1, 0.15) is 11.9 Å². The van der Waals surface area contributed by atoms with E-state index in [9.17, 15) is 22.4 Å². The van der Waals surface area contributed by atoms with Crippen molar-refractivity contribution in [2.45, 2.75) is 38.6 Å². The third-order valence-electron chi connectivity index (χ3n) is 5.47. The molecule has 2 amide bonds. The molecule has 1 N–H and O–H groups in total. The molecule has 0 radical (unpaired) electrons. The first-order chi connectivity index (χ1) is 15.2. The van der Waals surface area contributed by atoms with Crippen LogP contribution in [0.5, 0.6) is 0 Å². The van der Waals surface area contributed by atoms with Gasteiger partial charge in [-0.15, -0.1) is 0 Å². The molecule has 32 heavy (non-hydrogen) atoms. The van der Waals surface area contributed by atoms with Gasteiger partial charge in [-0.3, -0.25) is 13.9 Å². The minimum Gasteiger partial charge on any atom is -0.339 e. The molecule has 0 aliphatic carbocycles. The second-order valence-corrected chi connectivity index (χ2v) is 9.71. The van der Waals surface area contributed by atoms with Crippen molar-refractivity contribution < 1.29 is 22.4 Å². The van der Waals surface area contributed by atoms with E-state index in [2.05, 4.69) is 5.32 Å². The molecule has 3 rings (SSSR count). The van der Waals surface area contributed by atoms with Crippen molar-refractivity contribution in [3.8, 4) is 0 Å². The largest absolute Gasteiger partial charge is 0.339 e. The number of sulfonamides is 1. The quantitative estimate of drug-likeness (QED) is 0.682. The van der Waals surface area contributed by atoms with Crippen LogP contribution < -0.4 is 9.62 Å². The number of amides is 2. The third kappa shape index (κ3) is 5.45. The molecule has 1 atom stereocenters. The Balaban J connectivity index is 1.89. The highest BCUT2D eigenvalue weighted by molar-refractivity contribution is 7.92. The maximum absolute atomic E-state index is 13.4. The number of hydrogen-bond donors (Lipinski definition) is 1. The van der Waals surface area contributed by atoms with Gasteiger partial charge < -0.3 is 10.2 Å². The molecule has 0 aromatic heterocycles. The third-order valence-corrected chi connectivity index (χ3v) is 6.65. The number of carbonyl (C=O) groups is 2. The van der Waals surface area contributed by atoms with Gasteiger partial charge in [0.15, 0.2) is 0 Å². The Hall–Kier alpha value is -2.94. The SMILES string of the molecule is CCC(C(=O)Nc1ccccc1C(=O)N1CCCCC1)N(c1ccc(F)cc1)S(C)(=O)=O. The molecular weight excluding hydrogens is 433 g/mol. The number of nitrogens with one attached hydrogen (secondary N) is 1. The molecular formula is C23H28FN3O4S. The lowest BCUT2D eigenvalue weighted by Crippen LogP contribution is -2.47. The summed E-state index contributed by atoms with van der Waals surface area (Å²) in [5, 5.41) is 2.75. The molecule has 7 nitrogen and oxygen atoms in total. The zero-order valence-corrected chi connectivity index (χ0v) is 19.1. The Kier molecular flexibility index (Phi) is 7.50. The first-order valence-corrected chi connectivity index (χ1v) is 12.5. The highest BCUT2D eigenvalue weighted by Crippen LogP contribution is 2.25. The van der Waals surface area contributed by atoms with Crippen molar-refractivity contribution in [3.63, 3.8) is 0 Å². The van der Waals surface area contributed by atoms with Crippen LogP contribution in [0.3, 0.4) is 0 Å². The monoisotopic (exact) mass is 461 g/mol. The summed E-state index contributed by atoms with van der Waals surface area (Å²) >= 11 is 0. The number of piperidine rings is 1. The van der Waals surface area contributed by atoms with Gasteiger partial charge in [-0.2, -0.15) is 0 Å². The Bertz CT molecular complexity index is 1070. The number of benzene rings is 2.